The molecule has 1 amide bonds. The molecule has 0 bridgehead atoms. The van der Waals surface area contributed by atoms with E-state index in [2.05, 4.69) is 10.3 Å². The van der Waals surface area contributed by atoms with Crippen LogP contribution in [0.4, 0.5) is 8.78 Å². The number of pyridine rings is 1. The van der Waals surface area contributed by atoms with E-state index < -0.39 is 13.0 Å². The van der Waals surface area contributed by atoms with Gasteiger partial charge in [0.25, 0.3) is 12.3 Å². The normalized spacial score (nSPS) is 10.5. The molecule has 2 N–H and O–H groups in total. The number of benzene rings is 1. The number of rotatable bonds is 6. The first-order valence-corrected chi connectivity index (χ1v) is 6.51. The average Bonchev–Trinajstić information content (AvgIpc) is 2.52. The molecule has 2 aromatic rings. The highest BCUT2D eigenvalue weighted by Gasteiger charge is 2.07. The van der Waals surface area contributed by atoms with Gasteiger partial charge in [0.2, 0.25) is 5.56 Å². The molecule has 0 atom stereocenters. The van der Waals surface area contributed by atoms with E-state index >= 15 is 0 Å². The van der Waals surface area contributed by atoms with Gasteiger partial charge in [0.15, 0.2) is 0 Å². The lowest BCUT2D eigenvalue weighted by Crippen LogP contribution is -2.23. The Hall–Kier alpha value is -2.70. The SMILES string of the molecule is O=C(NCc1cccc(OCC(F)F)c1)c1ccc(=O)[nH]c1. The minimum absolute atomic E-state index is 0.212. The van der Waals surface area contributed by atoms with Gasteiger partial charge in [0, 0.05) is 18.8 Å². The second-order valence-electron chi connectivity index (χ2n) is 4.47. The summed E-state index contributed by atoms with van der Waals surface area (Å²) in [4.78, 5) is 25.2. The maximum Gasteiger partial charge on any atom is 0.272 e. The van der Waals surface area contributed by atoms with Gasteiger partial charge in [-0.2, -0.15) is 0 Å². The molecule has 0 radical (unpaired) electrons. The quantitative estimate of drug-likeness (QED) is 0.857. The first-order valence-electron chi connectivity index (χ1n) is 6.51. The molecule has 0 aliphatic rings. The highest BCUT2D eigenvalue weighted by Crippen LogP contribution is 2.14. The predicted molar refractivity (Wildman–Crippen MR) is 76.2 cm³/mol. The van der Waals surface area contributed by atoms with Crippen LogP contribution in [0.25, 0.3) is 0 Å². The van der Waals surface area contributed by atoms with Crippen molar-refractivity contribution in [3.05, 3.63) is 64.1 Å². The predicted octanol–water partition coefficient (Wildman–Crippen LogP) is 1.95. The smallest absolute Gasteiger partial charge is 0.272 e. The lowest BCUT2D eigenvalue weighted by atomic mass is 10.2. The van der Waals surface area contributed by atoms with Crippen molar-refractivity contribution < 1.29 is 18.3 Å². The molecule has 2 rings (SSSR count). The minimum Gasteiger partial charge on any atom is -0.488 e. The van der Waals surface area contributed by atoms with E-state index in [4.69, 9.17) is 4.74 Å². The van der Waals surface area contributed by atoms with Crippen LogP contribution in [-0.2, 0) is 6.54 Å². The first-order chi connectivity index (χ1) is 10.5. The summed E-state index contributed by atoms with van der Waals surface area (Å²) in [6.45, 7) is -0.461. The summed E-state index contributed by atoms with van der Waals surface area (Å²) < 4.78 is 29.1. The monoisotopic (exact) mass is 308 g/mol. The van der Waals surface area contributed by atoms with Crippen molar-refractivity contribution in [2.24, 2.45) is 0 Å². The molecule has 1 aromatic carbocycles. The molecule has 0 saturated carbocycles. The van der Waals surface area contributed by atoms with Crippen molar-refractivity contribution in [3.8, 4) is 5.75 Å². The topological polar surface area (TPSA) is 71.2 Å². The van der Waals surface area contributed by atoms with Crippen LogP contribution in [-0.4, -0.2) is 23.9 Å². The number of hydrogen-bond donors (Lipinski definition) is 2. The van der Waals surface area contributed by atoms with E-state index in [9.17, 15) is 18.4 Å². The molecule has 1 aromatic heterocycles. The number of carbonyl (C=O) groups excluding carboxylic acids is 1. The highest BCUT2D eigenvalue weighted by atomic mass is 19.3. The molecule has 5 nitrogen and oxygen atoms in total. The maximum atomic E-state index is 12.1. The molecule has 0 aliphatic heterocycles. The van der Waals surface area contributed by atoms with Crippen LogP contribution < -0.4 is 15.6 Å². The van der Waals surface area contributed by atoms with Crippen LogP contribution in [0.1, 0.15) is 15.9 Å². The Morgan fingerprint density at radius 3 is 2.77 bits per heavy atom. The minimum atomic E-state index is -2.54. The molecular weight excluding hydrogens is 294 g/mol. The van der Waals surface area contributed by atoms with Crippen LogP contribution in [0.15, 0.2) is 47.4 Å². The van der Waals surface area contributed by atoms with Crippen molar-refractivity contribution >= 4 is 5.91 Å². The summed E-state index contributed by atoms with van der Waals surface area (Å²) in [6, 6.07) is 9.21. The zero-order chi connectivity index (χ0) is 15.9. The van der Waals surface area contributed by atoms with Gasteiger partial charge in [0.1, 0.15) is 12.4 Å². The second-order valence-corrected chi connectivity index (χ2v) is 4.47. The third-order valence-corrected chi connectivity index (χ3v) is 2.77. The fourth-order valence-electron chi connectivity index (χ4n) is 1.74. The van der Waals surface area contributed by atoms with E-state index in [1.54, 1.807) is 24.3 Å². The maximum absolute atomic E-state index is 12.1. The van der Waals surface area contributed by atoms with Gasteiger partial charge in [-0.25, -0.2) is 8.78 Å². The molecule has 1 heterocycles. The molecule has 22 heavy (non-hydrogen) atoms. The van der Waals surface area contributed by atoms with Crippen molar-refractivity contribution in [2.45, 2.75) is 13.0 Å². The van der Waals surface area contributed by atoms with E-state index in [0.29, 0.717) is 16.9 Å². The number of hydrogen-bond acceptors (Lipinski definition) is 3. The number of halogens is 2. The lowest BCUT2D eigenvalue weighted by Gasteiger charge is -2.08. The van der Waals surface area contributed by atoms with Gasteiger partial charge in [-0.15, -0.1) is 0 Å². The first kappa shape index (κ1) is 15.7. The van der Waals surface area contributed by atoms with Crippen molar-refractivity contribution in [2.75, 3.05) is 6.61 Å². The zero-order valence-electron chi connectivity index (χ0n) is 11.5. The molecule has 116 valence electrons. The largest absolute Gasteiger partial charge is 0.488 e. The summed E-state index contributed by atoms with van der Waals surface area (Å²) >= 11 is 0. The Morgan fingerprint density at radius 2 is 2.09 bits per heavy atom. The van der Waals surface area contributed by atoms with E-state index in [-0.39, 0.29) is 18.0 Å². The van der Waals surface area contributed by atoms with Crippen molar-refractivity contribution in [1.29, 1.82) is 0 Å². The number of carbonyl (C=O) groups is 1. The molecule has 7 heteroatoms. The van der Waals surface area contributed by atoms with Crippen molar-refractivity contribution in [1.82, 2.24) is 10.3 Å². The average molecular weight is 308 g/mol. The molecular formula is C15H14F2N2O3. The van der Waals surface area contributed by atoms with E-state index in [1.165, 1.54) is 18.3 Å². The Kier molecular flexibility index (Phi) is 5.24. The van der Waals surface area contributed by atoms with Crippen LogP contribution in [0.3, 0.4) is 0 Å². The van der Waals surface area contributed by atoms with E-state index in [1.807, 2.05) is 0 Å². The summed E-state index contributed by atoms with van der Waals surface area (Å²) in [6.07, 6.45) is -1.22. The number of H-pyrrole nitrogens is 1. The standard InChI is InChI=1S/C15H14F2N2O3/c16-13(17)9-22-12-3-1-2-10(6-12)7-19-15(21)11-4-5-14(20)18-8-11/h1-6,8,13H,7,9H2,(H,18,20)(H,19,21). The van der Waals surface area contributed by atoms with Gasteiger partial charge < -0.3 is 15.0 Å². The summed E-state index contributed by atoms with van der Waals surface area (Å²) in [5.74, 6) is -0.0359. The summed E-state index contributed by atoms with van der Waals surface area (Å²) in [7, 11) is 0. The fourth-order valence-corrected chi connectivity index (χ4v) is 1.74. The Labute approximate surface area is 124 Å². The molecule has 0 fully saturated rings. The number of nitrogens with one attached hydrogen (secondary N) is 2. The molecule has 0 unspecified atom stereocenters. The van der Waals surface area contributed by atoms with Crippen LogP contribution >= 0.6 is 0 Å². The Morgan fingerprint density at radius 1 is 1.27 bits per heavy atom. The number of alkyl halides is 2. The van der Waals surface area contributed by atoms with Crippen molar-refractivity contribution in [3.63, 3.8) is 0 Å². The Bertz CT molecular complexity index is 681. The van der Waals surface area contributed by atoms with Gasteiger partial charge in [-0.05, 0) is 23.8 Å². The van der Waals surface area contributed by atoms with Crippen LogP contribution in [0.5, 0.6) is 5.75 Å². The summed E-state index contributed by atoms with van der Waals surface area (Å²) in [5, 5.41) is 2.66. The Balaban J connectivity index is 1.93. The number of amides is 1. The number of ether oxygens (including phenoxy) is 1. The number of aromatic amines is 1. The van der Waals surface area contributed by atoms with Gasteiger partial charge in [0.05, 0.1) is 5.56 Å². The third-order valence-electron chi connectivity index (χ3n) is 2.77. The van der Waals surface area contributed by atoms with E-state index in [0.717, 1.165) is 0 Å². The van der Waals surface area contributed by atoms with Gasteiger partial charge >= 0.3 is 0 Å². The van der Waals surface area contributed by atoms with Gasteiger partial charge in [-0.1, -0.05) is 12.1 Å². The van der Waals surface area contributed by atoms with Gasteiger partial charge in [-0.3, -0.25) is 9.59 Å². The molecule has 0 spiro atoms. The fraction of sp³-hybridized carbons (Fsp3) is 0.200. The number of aromatic nitrogens is 1. The zero-order valence-corrected chi connectivity index (χ0v) is 11.5. The van der Waals surface area contributed by atoms with Crippen LogP contribution in [0.2, 0.25) is 0 Å². The van der Waals surface area contributed by atoms with Crippen LogP contribution in [0, 0.1) is 0 Å². The highest BCUT2D eigenvalue weighted by molar-refractivity contribution is 5.93. The molecule has 0 saturated heterocycles. The third kappa shape index (κ3) is 4.69. The molecule has 0 aliphatic carbocycles. The lowest BCUT2D eigenvalue weighted by molar-refractivity contribution is 0.0818. The summed E-state index contributed by atoms with van der Waals surface area (Å²) in [5.41, 5.74) is 0.745. The second kappa shape index (κ2) is 7.35.